The molecule has 0 fully saturated rings. The van der Waals surface area contributed by atoms with E-state index >= 15 is 0 Å². The molecule has 8 nitrogen and oxygen atoms in total. The monoisotopic (exact) mass is 439 g/mol. The van der Waals surface area contributed by atoms with E-state index in [0.717, 1.165) is 16.9 Å². The summed E-state index contributed by atoms with van der Waals surface area (Å²) >= 11 is 1.30. The van der Waals surface area contributed by atoms with Crippen LogP contribution < -0.4 is 15.4 Å². The topological polar surface area (TPSA) is 98.1 Å². The first kappa shape index (κ1) is 22.4. The molecule has 0 bridgehead atoms. The number of ether oxygens (including phenoxy) is 1. The van der Waals surface area contributed by atoms with Crippen LogP contribution in [0.2, 0.25) is 0 Å². The van der Waals surface area contributed by atoms with Crippen LogP contribution in [0, 0.1) is 13.8 Å². The Kier molecular flexibility index (Phi) is 7.30. The van der Waals surface area contributed by atoms with Crippen LogP contribution in [0.1, 0.15) is 23.9 Å². The molecule has 0 aliphatic carbocycles. The Labute approximate surface area is 185 Å². The first-order valence-corrected chi connectivity index (χ1v) is 10.7. The van der Waals surface area contributed by atoms with Crippen molar-refractivity contribution < 1.29 is 14.3 Å². The highest BCUT2D eigenvalue weighted by Gasteiger charge is 2.13. The van der Waals surface area contributed by atoms with E-state index in [2.05, 4.69) is 20.8 Å². The molecule has 31 heavy (non-hydrogen) atoms. The Bertz CT molecular complexity index is 1080. The van der Waals surface area contributed by atoms with Gasteiger partial charge in [-0.1, -0.05) is 23.9 Å². The average molecular weight is 440 g/mol. The van der Waals surface area contributed by atoms with Crippen molar-refractivity contribution in [3.05, 3.63) is 59.4 Å². The van der Waals surface area contributed by atoms with E-state index < -0.39 is 0 Å². The minimum absolute atomic E-state index is 0.143. The Morgan fingerprint density at radius 3 is 2.39 bits per heavy atom. The number of rotatable bonds is 8. The molecule has 0 radical (unpaired) electrons. The molecule has 162 valence electrons. The summed E-state index contributed by atoms with van der Waals surface area (Å²) in [5, 5.41) is 14.5. The third kappa shape index (κ3) is 6.32. The van der Waals surface area contributed by atoms with Crippen LogP contribution in [-0.4, -0.2) is 32.3 Å². The van der Waals surface area contributed by atoms with E-state index in [-0.39, 0.29) is 17.6 Å². The lowest BCUT2D eigenvalue weighted by Gasteiger charge is -2.10. The summed E-state index contributed by atoms with van der Waals surface area (Å²) < 4.78 is 7.72. The van der Waals surface area contributed by atoms with Gasteiger partial charge in [0.05, 0.1) is 5.75 Å². The molecule has 0 atom stereocenters. The molecule has 1 heterocycles. The number of hydrogen-bond donors (Lipinski definition) is 2. The van der Waals surface area contributed by atoms with Crippen molar-refractivity contribution >= 4 is 35.0 Å². The van der Waals surface area contributed by atoms with Gasteiger partial charge in [-0.05, 0) is 55.3 Å². The minimum Gasteiger partial charge on any atom is -0.485 e. The van der Waals surface area contributed by atoms with Crippen LogP contribution in [0.25, 0.3) is 0 Å². The molecular formula is C22H25N5O3S. The fourth-order valence-electron chi connectivity index (χ4n) is 2.77. The summed E-state index contributed by atoms with van der Waals surface area (Å²) in [7, 11) is 1.85. The zero-order valence-electron chi connectivity index (χ0n) is 17.9. The van der Waals surface area contributed by atoms with Gasteiger partial charge in [-0.2, -0.15) is 0 Å². The van der Waals surface area contributed by atoms with Gasteiger partial charge in [0.1, 0.15) is 12.4 Å². The number of thioether (sulfide) groups is 1. The highest BCUT2D eigenvalue weighted by Crippen LogP contribution is 2.22. The van der Waals surface area contributed by atoms with E-state index in [1.165, 1.54) is 18.7 Å². The highest BCUT2D eigenvalue weighted by molar-refractivity contribution is 7.99. The second-order valence-electron chi connectivity index (χ2n) is 7.11. The predicted octanol–water partition coefficient (Wildman–Crippen LogP) is 3.70. The minimum atomic E-state index is -0.159. The summed E-state index contributed by atoms with van der Waals surface area (Å²) in [5.41, 5.74) is 3.52. The number of anilines is 2. The number of aryl methyl sites for hydroxylation is 2. The number of benzene rings is 2. The van der Waals surface area contributed by atoms with Gasteiger partial charge in [0.25, 0.3) is 0 Å². The number of hydrogen-bond acceptors (Lipinski definition) is 6. The van der Waals surface area contributed by atoms with Gasteiger partial charge in [0.15, 0.2) is 11.0 Å². The Balaban J connectivity index is 1.51. The number of carbonyl (C=O) groups is 2. The number of amides is 2. The van der Waals surface area contributed by atoms with Gasteiger partial charge in [-0.3, -0.25) is 9.59 Å². The lowest BCUT2D eigenvalue weighted by atomic mass is 10.1. The maximum absolute atomic E-state index is 12.3. The predicted molar refractivity (Wildman–Crippen MR) is 121 cm³/mol. The van der Waals surface area contributed by atoms with E-state index in [9.17, 15) is 9.59 Å². The van der Waals surface area contributed by atoms with Crippen LogP contribution in [0.15, 0.2) is 47.6 Å². The maximum atomic E-state index is 12.3. The van der Waals surface area contributed by atoms with Crippen LogP contribution in [0.5, 0.6) is 5.75 Å². The number of aromatic nitrogens is 3. The smallest absolute Gasteiger partial charge is 0.234 e. The average Bonchev–Trinajstić information content (AvgIpc) is 3.08. The second kappa shape index (κ2) is 10.1. The fraction of sp³-hybridized carbons (Fsp3) is 0.273. The van der Waals surface area contributed by atoms with E-state index in [4.69, 9.17) is 4.74 Å². The van der Waals surface area contributed by atoms with Gasteiger partial charge < -0.3 is 19.9 Å². The van der Waals surface area contributed by atoms with Crippen LogP contribution in [-0.2, 0) is 23.2 Å². The van der Waals surface area contributed by atoms with Crippen LogP contribution >= 0.6 is 11.8 Å². The first-order chi connectivity index (χ1) is 14.8. The third-order valence-electron chi connectivity index (χ3n) is 4.45. The molecule has 0 unspecified atom stereocenters. The highest BCUT2D eigenvalue weighted by atomic mass is 32.2. The first-order valence-electron chi connectivity index (χ1n) is 9.70. The molecule has 2 N–H and O–H groups in total. The summed E-state index contributed by atoms with van der Waals surface area (Å²) in [6.45, 7) is 5.76. The molecule has 0 aliphatic rings. The quantitative estimate of drug-likeness (QED) is 0.520. The molecule has 1 aromatic heterocycles. The zero-order chi connectivity index (χ0) is 22.4. The zero-order valence-corrected chi connectivity index (χ0v) is 18.7. The molecule has 0 saturated carbocycles. The molecule has 0 saturated heterocycles. The van der Waals surface area contributed by atoms with E-state index in [1.807, 2.05) is 43.7 Å². The standard InChI is InChI=1S/C22H25N5O3S/c1-14-5-6-15(2)19(11-14)30-12-20-25-26-22(27(20)4)31-13-21(29)24-18-9-7-17(8-10-18)23-16(3)28/h5-11H,12-13H2,1-4H3,(H,23,28)(H,24,29). The van der Waals surface area contributed by atoms with Crippen molar-refractivity contribution in [1.29, 1.82) is 0 Å². The SMILES string of the molecule is CC(=O)Nc1ccc(NC(=O)CSc2nnc(COc3cc(C)ccc3C)n2C)cc1. The molecule has 0 aliphatic heterocycles. The van der Waals surface area contributed by atoms with Crippen molar-refractivity contribution in [2.75, 3.05) is 16.4 Å². The molecule has 2 amide bonds. The van der Waals surface area contributed by atoms with Gasteiger partial charge in [0, 0.05) is 25.3 Å². The van der Waals surface area contributed by atoms with Gasteiger partial charge in [-0.15, -0.1) is 10.2 Å². The number of nitrogens with zero attached hydrogens (tertiary/aromatic N) is 3. The molecule has 9 heteroatoms. The van der Waals surface area contributed by atoms with Crippen LogP contribution in [0.3, 0.4) is 0 Å². The van der Waals surface area contributed by atoms with Gasteiger partial charge in [-0.25, -0.2) is 0 Å². The summed E-state index contributed by atoms with van der Waals surface area (Å²) in [6, 6.07) is 13.0. The Morgan fingerprint density at radius 2 is 1.71 bits per heavy atom. The number of nitrogens with one attached hydrogen (secondary N) is 2. The van der Waals surface area contributed by atoms with Crippen molar-refractivity contribution in [3.63, 3.8) is 0 Å². The lowest BCUT2D eigenvalue weighted by Crippen LogP contribution is -2.14. The third-order valence-corrected chi connectivity index (χ3v) is 5.47. The molecule has 2 aromatic carbocycles. The normalized spacial score (nSPS) is 10.6. The van der Waals surface area contributed by atoms with Gasteiger partial charge >= 0.3 is 0 Å². The van der Waals surface area contributed by atoms with E-state index in [1.54, 1.807) is 24.3 Å². The molecule has 3 rings (SSSR count). The van der Waals surface area contributed by atoms with Crippen molar-refractivity contribution in [2.45, 2.75) is 32.5 Å². The van der Waals surface area contributed by atoms with Crippen molar-refractivity contribution in [1.82, 2.24) is 14.8 Å². The molecular weight excluding hydrogens is 414 g/mol. The van der Waals surface area contributed by atoms with Gasteiger partial charge in [0.2, 0.25) is 11.8 Å². The Hall–Kier alpha value is -3.33. The summed E-state index contributed by atoms with van der Waals surface area (Å²) in [6.07, 6.45) is 0. The maximum Gasteiger partial charge on any atom is 0.234 e. The summed E-state index contributed by atoms with van der Waals surface area (Å²) in [5.74, 6) is 1.39. The van der Waals surface area contributed by atoms with Crippen molar-refractivity contribution in [2.24, 2.45) is 7.05 Å². The lowest BCUT2D eigenvalue weighted by molar-refractivity contribution is -0.114. The fourth-order valence-corrected chi connectivity index (χ4v) is 3.50. The van der Waals surface area contributed by atoms with Crippen LogP contribution in [0.4, 0.5) is 11.4 Å². The van der Waals surface area contributed by atoms with E-state index in [0.29, 0.717) is 29.0 Å². The molecule has 3 aromatic rings. The molecule has 0 spiro atoms. The largest absolute Gasteiger partial charge is 0.485 e. The number of carbonyl (C=O) groups excluding carboxylic acids is 2. The summed E-state index contributed by atoms with van der Waals surface area (Å²) in [4.78, 5) is 23.3. The second-order valence-corrected chi connectivity index (χ2v) is 8.05. The Morgan fingerprint density at radius 1 is 1.03 bits per heavy atom. The van der Waals surface area contributed by atoms with Crippen molar-refractivity contribution in [3.8, 4) is 5.75 Å².